The van der Waals surface area contributed by atoms with E-state index in [4.69, 9.17) is 11.2 Å². The van der Waals surface area contributed by atoms with Crippen LogP contribution in [0.3, 0.4) is 0 Å². The third-order valence-electron chi connectivity index (χ3n) is 6.83. The molecule has 2 heterocycles. The molecule has 37 heavy (non-hydrogen) atoms. The van der Waals surface area contributed by atoms with E-state index in [0.29, 0.717) is 36.0 Å². The molecule has 2 N–H and O–H groups in total. The van der Waals surface area contributed by atoms with E-state index in [1.54, 1.807) is 34.2 Å². The van der Waals surface area contributed by atoms with Gasteiger partial charge in [-0.1, -0.05) is 12.0 Å². The smallest absolute Gasteiger partial charge is 0.262 e. The maximum Gasteiger partial charge on any atom is 0.262 e. The molecule has 10 nitrogen and oxygen atoms in total. The lowest BCUT2D eigenvalue weighted by atomic mass is 10.1. The van der Waals surface area contributed by atoms with Crippen molar-refractivity contribution in [2.45, 2.75) is 18.2 Å². The highest BCUT2D eigenvalue weighted by molar-refractivity contribution is 8.05. The number of nitriles is 1. The number of terminal acetylenes is 1. The standard InChI is InChI=1S/C26H30N6O4S/c1-4-9-28-25(35)26(17-27)22-23(26)37-20(24(34)32(22)5-2)15-29-18-7-6-8-19(14-18)36-16-21(33)31-12-10-30(3)11-13-31/h1,6-8,14-15,22-23,29H,5,9-13,16H2,2-3H3,(H,28,35)/b20-15+. The summed E-state index contributed by atoms with van der Waals surface area (Å²) >= 11 is 1.22. The van der Waals surface area contributed by atoms with Crippen LogP contribution in [-0.2, 0) is 14.4 Å². The maximum atomic E-state index is 13.1. The lowest BCUT2D eigenvalue weighted by Gasteiger charge is -2.32. The lowest BCUT2D eigenvalue weighted by molar-refractivity contribution is -0.135. The molecule has 1 aromatic carbocycles. The molecule has 3 unspecified atom stereocenters. The highest BCUT2D eigenvalue weighted by atomic mass is 32.2. The SMILES string of the molecule is C#CCNC(=O)C1(C#N)C2S/C(=C/Nc3cccc(OCC(=O)N4CCN(C)CC4)c3)C(=O)N(CC)C21. The molecule has 1 aromatic rings. The Morgan fingerprint density at radius 3 is 2.76 bits per heavy atom. The molecular weight excluding hydrogens is 492 g/mol. The van der Waals surface area contributed by atoms with E-state index < -0.39 is 17.4 Å². The number of rotatable bonds is 8. The summed E-state index contributed by atoms with van der Waals surface area (Å²) < 4.78 is 5.72. The van der Waals surface area contributed by atoms with Crippen LogP contribution in [0.15, 0.2) is 35.4 Å². The average molecular weight is 523 g/mol. The summed E-state index contributed by atoms with van der Waals surface area (Å²) in [5, 5.41) is 15.2. The first-order valence-electron chi connectivity index (χ1n) is 12.1. The van der Waals surface area contributed by atoms with Gasteiger partial charge in [-0.05, 0) is 26.1 Å². The summed E-state index contributed by atoms with van der Waals surface area (Å²) in [6, 6.07) is 8.76. The molecule has 1 saturated carbocycles. The monoisotopic (exact) mass is 522 g/mol. The molecule has 0 aromatic heterocycles. The van der Waals surface area contributed by atoms with Gasteiger partial charge >= 0.3 is 0 Å². The van der Waals surface area contributed by atoms with Gasteiger partial charge in [0.1, 0.15) is 5.75 Å². The number of piperazine rings is 1. The minimum absolute atomic E-state index is 0.0239. The minimum atomic E-state index is -1.33. The molecular formula is C26H30N6O4S. The number of ether oxygens (including phenoxy) is 1. The summed E-state index contributed by atoms with van der Waals surface area (Å²) in [4.78, 5) is 44.3. The Hall–Kier alpha value is -3.67. The van der Waals surface area contributed by atoms with Gasteiger partial charge in [0.25, 0.3) is 11.8 Å². The van der Waals surface area contributed by atoms with Gasteiger partial charge in [-0.3, -0.25) is 14.4 Å². The molecule has 0 bridgehead atoms. The number of hydrogen-bond donors (Lipinski definition) is 2. The van der Waals surface area contributed by atoms with Gasteiger partial charge in [-0.2, -0.15) is 5.26 Å². The number of likely N-dealkylation sites (N-methyl/N-ethyl adjacent to an activating group) is 2. The van der Waals surface area contributed by atoms with Crippen LogP contribution in [-0.4, -0.2) is 96.6 Å². The summed E-state index contributed by atoms with van der Waals surface area (Å²) in [6.07, 6.45) is 6.82. The molecule has 1 aliphatic carbocycles. The fraction of sp³-hybridized carbons (Fsp3) is 0.462. The zero-order valence-electron chi connectivity index (χ0n) is 20.9. The van der Waals surface area contributed by atoms with E-state index in [2.05, 4.69) is 27.5 Å². The molecule has 11 heteroatoms. The molecule has 194 valence electrons. The summed E-state index contributed by atoms with van der Waals surface area (Å²) in [5.74, 6) is 2.12. The Kier molecular flexibility index (Phi) is 7.96. The maximum absolute atomic E-state index is 13.1. The molecule has 0 spiro atoms. The summed E-state index contributed by atoms with van der Waals surface area (Å²) in [7, 11) is 2.03. The normalized spacial score (nSPS) is 26.1. The second-order valence-electron chi connectivity index (χ2n) is 9.10. The van der Waals surface area contributed by atoms with Gasteiger partial charge < -0.3 is 30.1 Å². The predicted molar refractivity (Wildman–Crippen MR) is 140 cm³/mol. The van der Waals surface area contributed by atoms with Crippen molar-refractivity contribution in [1.29, 1.82) is 5.26 Å². The summed E-state index contributed by atoms with van der Waals surface area (Å²) in [6.45, 7) is 5.24. The number of fused-ring (bicyclic) bond motifs is 1. The number of nitrogens with zero attached hydrogens (tertiary/aromatic N) is 4. The van der Waals surface area contributed by atoms with Crippen LogP contribution >= 0.6 is 11.8 Å². The lowest BCUT2D eigenvalue weighted by Crippen LogP contribution is -2.48. The van der Waals surface area contributed by atoms with E-state index in [9.17, 15) is 19.6 Å². The van der Waals surface area contributed by atoms with Crippen molar-refractivity contribution in [3.05, 3.63) is 35.4 Å². The molecule has 3 atom stereocenters. The van der Waals surface area contributed by atoms with Crippen LogP contribution in [0.2, 0.25) is 0 Å². The number of hydrogen-bond acceptors (Lipinski definition) is 8. The zero-order chi connectivity index (χ0) is 26.6. The van der Waals surface area contributed by atoms with Crippen molar-refractivity contribution in [2.24, 2.45) is 5.41 Å². The van der Waals surface area contributed by atoms with Crippen molar-refractivity contribution in [1.82, 2.24) is 20.0 Å². The quantitative estimate of drug-likeness (QED) is 0.379. The molecule has 3 aliphatic rings. The van der Waals surface area contributed by atoms with Gasteiger partial charge in [0, 0.05) is 50.7 Å². The van der Waals surface area contributed by atoms with E-state index >= 15 is 0 Å². The third-order valence-corrected chi connectivity index (χ3v) is 8.26. The van der Waals surface area contributed by atoms with Crippen molar-refractivity contribution in [2.75, 3.05) is 58.2 Å². The number of carbonyl (C=O) groups excluding carboxylic acids is 3. The van der Waals surface area contributed by atoms with Gasteiger partial charge in [-0.25, -0.2) is 0 Å². The van der Waals surface area contributed by atoms with Crippen LogP contribution in [0.25, 0.3) is 0 Å². The van der Waals surface area contributed by atoms with Crippen LogP contribution in [0, 0.1) is 29.1 Å². The van der Waals surface area contributed by atoms with Crippen LogP contribution in [0.4, 0.5) is 5.69 Å². The van der Waals surface area contributed by atoms with E-state index in [-0.39, 0.29) is 30.2 Å². The van der Waals surface area contributed by atoms with Crippen molar-refractivity contribution < 1.29 is 19.1 Å². The Labute approximate surface area is 221 Å². The number of anilines is 1. The molecule has 3 fully saturated rings. The number of carbonyl (C=O) groups is 3. The van der Waals surface area contributed by atoms with Crippen molar-refractivity contribution in [3.63, 3.8) is 0 Å². The molecule has 2 saturated heterocycles. The van der Waals surface area contributed by atoms with E-state index in [1.165, 1.54) is 11.8 Å². The second-order valence-corrected chi connectivity index (χ2v) is 10.3. The predicted octanol–water partition coefficient (Wildman–Crippen LogP) is 0.698. The van der Waals surface area contributed by atoms with Gasteiger partial charge in [0.2, 0.25) is 5.91 Å². The third kappa shape index (κ3) is 5.24. The van der Waals surface area contributed by atoms with Crippen molar-refractivity contribution in [3.8, 4) is 24.2 Å². The molecule has 2 aliphatic heterocycles. The van der Waals surface area contributed by atoms with Gasteiger partial charge in [0.05, 0.1) is 28.8 Å². The fourth-order valence-electron chi connectivity index (χ4n) is 4.63. The first-order chi connectivity index (χ1) is 17.8. The molecule has 0 radical (unpaired) electrons. The van der Waals surface area contributed by atoms with Gasteiger partial charge in [-0.15, -0.1) is 18.2 Å². The Morgan fingerprint density at radius 1 is 1.32 bits per heavy atom. The number of thioether (sulfide) groups is 1. The highest BCUT2D eigenvalue weighted by Gasteiger charge is 2.76. The Morgan fingerprint density at radius 2 is 2.08 bits per heavy atom. The minimum Gasteiger partial charge on any atom is -0.484 e. The van der Waals surface area contributed by atoms with Crippen LogP contribution in [0.5, 0.6) is 5.75 Å². The average Bonchev–Trinajstić information content (AvgIpc) is 3.57. The first-order valence-corrected chi connectivity index (χ1v) is 13.0. The Balaban J connectivity index is 1.40. The molecule has 3 amide bonds. The Bertz CT molecular complexity index is 1180. The van der Waals surface area contributed by atoms with Crippen LogP contribution in [0.1, 0.15) is 6.92 Å². The largest absolute Gasteiger partial charge is 0.484 e. The summed E-state index contributed by atoms with van der Waals surface area (Å²) in [5.41, 5.74) is -0.656. The highest BCUT2D eigenvalue weighted by Crippen LogP contribution is 2.61. The molecule has 4 rings (SSSR count). The zero-order valence-corrected chi connectivity index (χ0v) is 21.7. The topological polar surface area (TPSA) is 118 Å². The van der Waals surface area contributed by atoms with Crippen molar-refractivity contribution >= 4 is 35.2 Å². The fourth-order valence-corrected chi connectivity index (χ4v) is 6.15. The van der Waals surface area contributed by atoms with Crippen LogP contribution < -0.4 is 15.4 Å². The second kappa shape index (κ2) is 11.2. The number of nitrogens with one attached hydrogen (secondary N) is 2. The number of benzene rings is 1. The van der Waals surface area contributed by atoms with Gasteiger partial charge in [0.15, 0.2) is 12.0 Å². The first kappa shape index (κ1) is 26.4. The number of amides is 3. The van der Waals surface area contributed by atoms with E-state index in [1.807, 2.05) is 20.0 Å². The van der Waals surface area contributed by atoms with E-state index in [0.717, 1.165) is 13.1 Å².